The number of ether oxygens (including phenoxy) is 1. The highest BCUT2D eigenvalue weighted by molar-refractivity contribution is 5.17. The van der Waals surface area contributed by atoms with Crippen molar-refractivity contribution in [2.45, 2.75) is 64.9 Å². The third-order valence-electron chi connectivity index (χ3n) is 8.53. The lowest BCUT2D eigenvalue weighted by atomic mass is 9.45. The summed E-state index contributed by atoms with van der Waals surface area (Å²) in [5, 5.41) is 9.66. The molecule has 23 heavy (non-hydrogen) atoms. The van der Waals surface area contributed by atoms with Gasteiger partial charge in [-0.25, -0.2) is 0 Å². The molecule has 0 amide bonds. The van der Waals surface area contributed by atoms with Crippen LogP contribution in [0.2, 0.25) is 0 Å². The van der Waals surface area contributed by atoms with Crippen LogP contribution in [0.3, 0.4) is 0 Å². The standard InChI is InChI=1S/C21H31NO/c1-20-11-5-4-6-14(20)7-9-16-17-10-8-15(13-22)21(17,2)12-18(23-3)19(16)20/h4,6,14-19H,5,7-12H2,1-3H3/t14-,15-,16+,17+,18+,19-,20+,21-/m1/s1. The summed E-state index contributed by atoms with van der Waals surface area (Å²) >= 11 is 0. The molecule has 0 aromatic rings. The van der Waals surface area contributed by atoms with E-state index < -0.39 is 0 Å². The summed E-state index contributed by atoms with van der Waals surface area (Å²) in [5.74, 6) is 3.18. The van der Waals surface area contributed by atoms with E-state index in [2.05, 4.69) is 32.1 Å². The zero-order valence-corrected chi connectivity index (χ0v) is 14.9. The number of hydrogen-bond donors (Lipinski definition) is 0. The molecule has 0 aromatic carbocycles. The van der Waals surface area contributed by atoms with E-state index in [1.165, 1.54) is 32.1 Å². The molecule has 0 bridgehead atoms. The largest absolute Gasteiger partial charge is 0.381 e. The zero-order chi connectivity index (χ0) is 16.2. The Labute approximate surface area is 141 Å². The van der Waals surface area contributed by atoms with Crippen molar-refractivity contribution in [2.75, 3.05) is 7.11 Å². The molecule has 3 fully saturated rings. The Balaban J connectivity index is 1.74. The Bertz CT molecular complexity index is 549. The molecule has 0 spiro atoms. The minimum absolute atomic E-state index is 0.185. The van der Waals surface area contributed by atoms with Crippen LogP contribution in [-0.4, -0.2) is 13.2 Å². The van der Waals surface area contributed by atoms with Crippen LogP contribution in [0, 0.1) is 51.8 Å². The summed E-state index contributed by atoms with van der Waals surface area (Å²) in [4.78, 5) is 0. The molecule has 0 N–H and O–H groups in total. The Morgan fingerprint density at radius 2 is 1.96 bits per heavy atom. The monoisotopic (exact) mass is 313 g/mol. The average Bonchev–Trinajstić information content (AvgIpc) is 2.89. The molecule has 4 aliphatic rings. The minimum atomic E-state index is 0.185. The fraction of sp³-hybridized carbons (Fsp3) is 0.857. The Morgan fingerprint density at radius 3 is 2.70 bits per heavy atom. The lowest BCUT2D eigenvalue weighted by Crippen LogP contribution is -2.58. The van der Waals surface area contributed by atoms with Gasteiger partial charge in [-0.05, 0) is 79.4 Å². The summed E-state index contributed by atoms with van der Waals surface area (Å²) in [6, 6.07) is 2.64. The van der Waals surface area contributed by atoms with Gasteiger partial charge in [-0.3, -0.25) is 0 Å². The molecule has 0 aliphatic heterocycles. The maximum atomic E-state index is 9.66. The second-order valence-corrected chi connectivity index (χ2v) is 9.20. The summed E-state index contributed by atoms with van der Waals surface area (Å²) in [6.45, 7) is 4.94. The van der Waals surface area contributed by atoms with E-state index in [0.29, 0.717) is 17.4 Å². The molecule has 3 saturated carbocycles. The molecular weight excluding hydrogens is 282 g/mol. The molecule has 2 heteroatoms. The van der Waals surface area contributed by atoms with E-state index in [9.17, 15) is 5.26 Å². The SMILES string of the molecule is CO[C@H]1C[C@]2(C)[C@@H](C#N)CC[C@H]2[C@@H]2CC[C@H]3C=CCC[C@]3(C)[C@H]21. The predicted molar refractivity (Wildman–Crippen MR) is 91.5 cm³/mol. The molecule has 0 aromatic heterocycles. The highest BCUT2D eigenvalue weighted by atomic mass is 16.5. The second kappa shape index (κ2) is 5.35. The quantitative estimate of drug-likeness (QED) is 0.641. The molecule has 4 rings (SSSR count). The van der Waals surface area contributed by atoms with Crippen molar-refractivity contribution in [3.63, 3.8) is 0 Å². The van der Waals surface area contributed by atoms with E-state index in [0.717, 1.165) is 30.6 Å². The van der Waals surface area contributed by atoms with Gasteiger partial charge in [0.05, 0.1) is 18.1 Å². The van der Waals surface area contributed by atoms with Crippen LogP contribution in [0.5, 0.6) is 0 Å². The van der Waals surface area contributed by atoms with E-state index in [-0.39, 0.29) is 11.3 Å². The smallest absolute Gasteiger partial charge is 0.0661 e. The first-order chi connectivity index (χ1) is 11.0. The van der Waals surface area contributed by atoms with Crippen molar-refractivity contribution in [3.8, 4) is 6.07 Å². The minimum Gasteiger partial charge on any atom is -0.381 e. The third-order valence-corrected chi connectivity index (χ3v) is 8.53. The molecule has 0 saturated heterocycles. The summed E-state index contributed by atoms with van der Waals surface area (Å²) in [7, 11) is 1.91. The number of allylic oxidation sites excluding steroid dienone is 2. The van der Waals surface area contributed by atoms with E-state index >= 15 is 0 Å². The van der Waals surface area contributed by atoms with Crippen molar-refractivity contribution >= 4 is 0 Å². The van der Waals surface area contributed by atoms with Gasteiger partial charge >= 0.3 is 0 Å². The summed E-state index contributed by atoms with van der Waals surface area (Å²) in [5.41, 5.74) is 0.592. The van der Waals surface area contributed by atoms with Gasteiger partial charge in [0.15, 0.2) is 0 Å². The first kappa shape index (κ1) is 15.7. The van der Waals surface area contributed by atoms with Crippen LogP contribution < -0.4 is 0 Å². The van der Waals surface area contributed by atoms with E-state index in [1.807, 2.05) is 7.11 Å². The zero-order valence-electron chi connectivity index (χ0n) is 14.9. The third kappa shape index (κ3) is 2.02. The molecule has 2 nitrogen and oxygen atoms in total. The van der Waals surface area contributed by atoms with Gasteiger partial charge in [-0.15, -0.1) is 0 Å². The van der Waals surface area contributed by atoms with Crippen LogP contribution in [-0.2, 0) is 4.74 Å². The van der Waals surface area contributed by atoms with Crippen LogP contribution in [0.1, 0.15) is 58.8 Å². The number of rotatable bonds is 1. The number of hydrogen-bond acceptors (Lipinski definition) is 2. The van der Waals surface area contributed by atoms with Crippen molar-refractivity contribution in [1.82, 2.24) is 0 Å². The van der Waals surface area contributed by atoms with E-state index in [1.54, 1.807) is 0 Å². The Kier molecular flexibility index (Phi) is 3.65. The molecule has 0 unspecified atom stereocenters. The van der Waals surface area contributed by atoms with Crippen molar-refractivity contribution in [2.24, 2.45) is 40.4 Å². The topological polar surface area (TPSA) is 33.0 Å². The summed E-state index contributed by atoms with van der Waals surface area (Å²) < 4.78 is 6.11. The molecule has 0 radical (unpaired) electrons. The highest BCUT2D eigenvalue weighted by Crippen LogP contribution is 2.67. The van der Waals surface area contributed by atoms with Crippen LogP contribution in [0.25, 0.3) is 0 Å². The first-order valence-electron chi connectivity index (χ1n) is 9.63. The first-order valence-corrected chi connectivity index (χ1v) is 9.63. The van der Waals surface area contributed by atoms with Crippen LogP contribution >= 0.6 is 0 Å². The summed E-state index contributed by atoms with van der Waals surface area (Å²) in [6.07, 6.45) is 14.0. The van der Waals surface area contributed by atoms with E-state index in [4.69, 9.17) is 4.74 Å². The van der Waals surface area contributed by atoms with Gasteiger partial charge in [-0.2, -0.15) is 5.26 Å². The number of methoxy groups -OCH3 is 1. The number of nitrogens with zero attached hydrogens (tertiary/aromatic N) is 1. The van der Waals surface area contributed by atoms with Gasteiger partial charge < -0.3 is 4.74 Å². The van der Waals surface area contributed by atoms with Gasteiger partial charge in [-0.1, -0.05) is 26.0 Å². The predicted octanol–water partition coefficient (Wildman–Crippen LogP) is 4.96. The van der Waals surface area contributed by atoms with Crippen molar-refractivity contribution < 1.29 is 4.74 Å². The lowest BCUT2D eigenvalue weighted by Gasteiger charge is -2.61. The fourth-order valence-corrected chi connectivity index (χ4v) is 7.36. The van der Waals surface area contributed by atoms with Crippen LogP contribution in [0.15, 0.2) is 12.2 Å². The highest BCUT2D eigenvalue weighted by Gasteiger charge is 2.62. The molecule has 126 valence electrons. The van der Waals surface area contributed by atoms with Gasteiger partial charge in [0.2, 0.25) is 0 Å². The fourth-order valence-electron chi connectivity index (χ4n) is 7.36. The maximum Gasteiger partial charge on any atom is 0.0661 e. The molecule has 4 aliphatic carbocycles. The van der Waals surface area contributed by atoms with Crippen LogP contribution in [0.4, 0.5) is 0 Å². The number of nitriles is 1. The maximum absolute atomic E-state index is 9.66. The Morgan fingerprint density at radius 1 is 1.13 bits per heavy atom. The Hall–Kier alpha value is -0.810. The second-order valence-electron chi connectivity index (χ2n) is 9.20. The lowest BCUT2D eigenvalue weighted by molar-refractivity contribution is -0.163. The molecule has 8 atom stereocenters. The van der Waals surface area contributed by atoms with Gasteiger partial charge in [0, 0.05) is 7.11 Å². The van der Waals surface area contributed by atoms with Crippen molar-refractivity contribution in [1.29, 1.82) is 5.26 Å². The van der Waals surface area contributed by atoms with Gasteiger partial charge in [0.1, 0.15) is 0 Å². The van der Waals surface area contributed by atoms with Crippen molar-refractivity contribution in [3.05, 3.63) is 12.2 Å². The van der Waals surface area contributed by atoms with Gasteiger partial charge in [0.25, 0.3) is 0 Å². The average molecular weight is 313 g/mol. The number of fused-ring (bicyclic) bond motifs is 5. The molecule has 0 heterocycles. The normalized spacial score (nSPS) is 54.7. The molecular formula is C21H31NO.